The molecule has 2 aromatic heterocycles. The number of carbonyl (C=O) groups excluding carboxylic acids is 1. The molecular formula is C27H27N3O3. The number of pyridine rings is 1. The Balaban J connectivity index is 1.89. The van der Waals surface area contributed by atoms with E-state index in [0.29, 0.717) is 33.6 Å². The monoisotopic (exact) mass is 441 g/mol. The van der Waals surface area contributed by atoms with Gasteiger partial charge in [0.2, 0.25) is 5.55 Å². The topological polar surface area (TPSA) is 87.7 Å². The quantitative estimate of drug-likeness (QED) is 0.440. The Labute approximate surface area is 192 Å². The molecule has 0 spiro atoms. The van der Waals surface area contributed by atoms with Crippen molar-refractivity contribution < 1.29 is 14.3 Å². The Morgan fingerprint density at radius 1 is 1.06 bits per heavy atom. The van der Waals surface area contributed by atoms with Crippen LogP contribution in [0.25, 0.3) is 11.0 Å². The maximum absolute atomic E-state index is 13.3. The molecule has 4 aromatic rings. The maximum atomic E-state index is 13.3. The van der Waals surface area contributed by atoms with Crippen molar-refractivity contribution in [3.63, 3.8) is 0 Å². The lowest BCUT2D eigenvalue weighted by molar-refractivity contribution is 0.102. The summed E-state index contributed by atoms with van der Waals surface area (Å²) in [6.45, 7) is 7.72. The maximum Gasteiger partial charge on any atom is 0.261 e. The van der Waals surface area contributed by atoms with Crippen molar-refractivity contribution in [3.05, 3.63) is 93.8 Å². The van der Waals surface area contributed by atoms with Crippen LogP contribution in [-0.4, -0.2) is 16.0 Å². The fourth-order valence-electron chi connectivity index (χ4n) is 3.60. The molecule has 0 aliphatic carbocycles. The summed E-state index contributed by atoms with van der Waals surface area (Å²) in [4.78, 5) is 22.3. The van der Waals surface area contributed by atoms with Crippen LogP contribution in [0.2, 0.25) is 0 Å². The van der Waals surface area contributed by atoms with Crippen molar-refractivity contribution in [2.75, 3.05) is 5.32 Å². The van der Waals surface area contributed by atoms with E-state index in [0.717, 1.165) is 17.5 Å². The molecule has 0 atom stereocenters. The van der Waals surface area contributed by atoms with E-state index in [4.69, 9.17) is 4.42 Å². The third kappa shape index (κ3) is 4.71. The number of carbonyl (C=O) groups is 1. The van der Waals surface area contributed by atoms with E-state index in [1.807, 2.05) is 63.2 Å². The molecule has 0 aliphatic heterocycles. The lowest BCUT2D eigenvalue weighted by Gasteiger charge is -2.11. The molecule has 0 aliphatic rings. The Morgan fingerprint density at radius 2 is 1.82 bits per heavy atom. The highest BCUT2D eigenvalue weighted by Gasteiger charge is 2.17. The fourth-order valence-corrected chi connectivity index (χ4v) is 3.60. The van der Waals surface area contributed by atoms with Gasteiger partial charge in [-0.2, -0.15) is 0 Å². The molecule has 0 unspecified atom stereocenters. The van der Waals surface area contributed by atoms with Crippen molar-refractivity contribution >= 4 is 28.3 Å². The number of fused-ring (bicyclic) bond motifs is 1. The molecule has 0 fully saturated rings. The molecule has 6 nitrogen and oxygen atoms in total. The number of aromatic nitrogens is 1. The third-order valence-corrected chi connectivity index (χ3v) is 5.81. The summed E-state index contributed by atoms with van der Waals surface area (Å²) in [5.74, 6) is -0.341. The smallest absolute Gasteiger partial charge is 0.261 e. The molecule has 168 valence electrons. The van der Waals surface area contributed by atoms with Crippen LogP contribution in [0.3, 0.4) is 0 Å². The summed E-state index contributed by atoms with van der Waals surface area (Å²) < 4.78 is 6.13. The van der Waals surface area contributed by atoms with Gasteiger partial charge in [0.25, 0.3) is 5.91 Å². The molecule has 4 rings (SSSR count). The normalized spacial score (nSPS) is 11.7. The van der Waals surface area contributed by atoms with Gasteiger partial charge in [-0.05, 0) is 74.2 Å². The number of rotatable bonds is 5. The second-order valence-electron chi connectivity index (χ2n) is 8.12. The Kier molecular flexibility index (Phi) is 6.38. The Morgan fingerprint density at radius 3 is 2.48 bits per heavy atom. The summed E-state index contributed by atoms with van der Waals surface area (Å²) in [6.07, 6.45) is 2.53. The highest BCUT2D eigenvalue weighted by Crippen LogP contribution is 2.22. The molecule has 2 heterocycles. The highest BCUT2D eigenvalue weighted by atomic mass is 16.3. The third-order valence-electron chi connectivity index (χ3n) is 5.81. The van der Waals surface area contributed by atoms with E-state index >= 15 is 0 Å². The number of hydrogen-bond acceptors (Lipinski definition) is 5. The molecule has 0 bridgehead atoms. The summed E-state index contributed by atoms with van der Waals surface area (Å²) in [6, 6.07) is 15.3. The lowest BCUT2D eigenvalue weighted by atomic mass is 10.1. The van der Waals surface area contributed by atoms with Gasteiger partial charge in [-0.15, -0.1) is 0 Å². The first-order chi connectivity index (χ1) is 15.9. The van der Waals surface area contributed by atoms with E-state index in [-0.39, 0.29) is 23.6 Å². The van der Waals surface area contributed by atoms with Crippen LogP contribution >= 0.6 is 0 Å². The highest BCUT2D eigenvalue weighted by molar-refractivity contribution is 6.05. The zero-order valence-corrected chi connectivity index (χ0v) is 19.3. The number of aliphatic hydroxyl groups excluding tert-OH is 1. The molecule has 0 saturated carbocycles. The van der Waals surface area contributed by atoms with Crippen LogP contribution in [0.1, 0.15) is 45.2 Å². The average Bonchev–Trinajstić information content (AvgIpc) is 2.82. The zero-order valence-electron chi connectivity index (χ0n) is 19.3. The summed E-state index contributed by atoms with van der Waals surface area (Å²) in [7, 11) is 0. The number of benzene rings is 2. The standard InChI is InChI=1S/C27H27N3O3/c1-5-19-7-10-21(11-8-19)30-27-24(26(32)29-22-9-6-16(2)17(3)12-22)13-23-20(15-31)14-28-18(4)25(23)33-27/h6-14,31H,5,15H2,1-4H3,(H,29,32). The molecular weight excluding hydrogens is 414 g/mol. The minimum atomic E-state index is -0.341. The molecule has 6 heteroatoms. The van der Waals surface area contributed by atoms with Gasteiger partial charge in [0.1, 0.15) is 5.56 Å². The van der Waals surface area contributed by atoms with E-state index in [2.05, 4.69) is 22.2 Å². The van der Waals surface area contributed by atoms with Crippen LogP contribution in [0.4, 0.5) is 11.4 Å². The van der Waals surface area contributed by atoms with Crippen molar-refractivity contribution in [1.82, 2.24) is 4.98 Å². The SMILES string of the molecule is CCc1ccc(N=c2oc3c(C)ncc(CO)c3cc2C(=O)Nc2ccc(C)c(C)c2)cc1. The number of aryl methyl sites for hydroxylation is 4. The van der Waals surface area contributed by atoms with Gasteiger partial charge in [-0.25, -0.2) is 4.99 Å². The number of nitrogens with one attached hydrogen (secondary N) is 1. The first-order valence-corrected chi connectivity index (χ1v) is 10.9. The first-order valence-electron chi connectivity index (χ1n) is 10.9. The second kappa shape index (κ2) is 9.38. The van der Waals surface area contributed by atoms with Gasteiger partial charge < -0.3 is 14.8 Å². The molecule has 2 aromatic carbocycles. The first kappa shape index (κ1) is 22.4. The number of hydrogen-bond donors (Lipinski definition) is 2. The Hall–Kier alpha value is -3.77. The van der Waals surface area contributed by atoms with Gasteiger partial charge in [-0.3, -0.25) is 9.78 Å². The van der Waals surface area contributed by atoms with Crippen molar-refractivity contribution in [2.45, 2.75) is 40.7 Å². The molecule has 0 saturated heterocycles. The van der Waals surface area contributed by atoms with Gasteiger partial charge >= 0.3 is 0 Å². The van der Waals surface area contributed by atoms with Gasteiger partial charge in [0.05, 0.1) is 18.0 Å². The predicted molar refractivity (Wildman–Crippen MR) is 130 cm³/mol. The number of anilines is 1. The van der Waals surface area contributed by atoms with E-state index < -0.39 is 0 Å². The van der Waals surface area contributed by atoms with Crippen molar-refractivity contribution in [3.8, 4) is 0 Å². The van der Waals surface area contributed by atoms with Crippen LogP contribution in [-0.2, 0) is 13.0 Å². The molecule has 33 heavy (non-hydrogen) atoms. The van der Waals surface area contributed by atoms with Crippen molar-refractivity contribution in [1.29, 1.82) is 0 Å². The molecule has 0 radical (unpaired) electrons. The van der Waals surface area contributed by atoms with Gasteiger partial charge in [0, 0.05) is 22.8 Å². The van der Waals surface area contributed by atoms with Crippen LogP contribution in [0.5, 0.6) is 0 Å². The summed E-state index contributed by atoms with van der Waals surface area (Å²) in [5.41, 5.74) is 7.00. The zero-order chi connectivity index (χ0) is 23.5. The predicted octanol–water partition coefficient (Wildman–Crippen LogP) is 5.29. The van der Waals surface area contributed by atoms with Crippen LogP contribution < -0.4 is 10.9 Å². The minimum absolute atomic E-state index is 0.188. The van der Waals surface area contributed by atoms with E-state index in [1.54, 1.807) is 12.3 Å². The van der Waals surface area contributed by atoms with Gasteiger partial charge in [-0.1, -0.05) is 25.1 Å². The van der Waals surface area contributed by atoms with E-state index in [9.17, 15) is 9.90 Å². The van der Waals surface area contributed by atoms with Gasteiger partial charge in [0.15, 0.2) is 5.58 Å². The molecule has 2 N–H and O–H groups in total. The minimum Gasteiger partial charge on any atom is -0.436 e. The summed E-state index contributed by atoms with van der Waals surface area (Å²) in [5, 5.41) is 13.4. The average molecular weight is 442 g/mol. The molecule has 1 amide bonds. The fraction of sp³-hybridized carbons (Fsp3) is 0.222. The van der Waals surface area contributed by atoms with Crippen LogP contribution in [0, 0.1) is 20.8 Å². The number of amides is 1. The number of nitrogens with zero attached hydrogens (tertiary/aromatic N) is 2. The lowest BCUT2D eigenvalue weighted by Crippen LogP contribution is -2.22. The summed E-state index contributed by atoms with van der Waals surface area (Å²) >= 11 is 0. The second-order valence-corrected chi connectivity index (χ2v) is 8.12. The van der Waals surface area contributed by atoms with E-state index in [1.165, 1.54) is 5.56 Å². The van der Waals surface area contributed by atoms with Crippen LogP contribution in [0.15, 0.2) is 64.1 Å². The van der Waals surface area contributed by atoms with Crippen molar-refractivity contribution in [2.24, 2.45) is 4.99 Å². The Bertz CT molecular complexity index is 1400. The number of aliphatic hydroxyl groups is 1. The largest absolute Gasteiger partial charge is 0.436 e.